The Morgan fingerprint density at radius 1 is 1.08 bits per heavy atom. The van der Waals surface area contributed by atoms with Gasteiger partial charge in [-0.05, 0) is 49.2 Å². The molecule has 0 saturated carbocycles. The number of carbonyl (C=O) groups excluding carboxylic acids is 1. The van der Waals surface area contributed by atoms with Crippen molar-refractivity contribution in [3.63, 3.8) is 0 Å². The molecule has 0 N–H and O–H groups in total. The lowest BCUT2D eigenvalue weighted by Crippen LogP contribution is -2.49. The maximum atomic E-state index is 12.4. The fourth-order valence-corrected chi connectivity index (χ4v) is 3.66. The SMILES string of the molecule is Cc1ccc(SCC(=O)N2CCN(c3ccccn3)CC2)cc1C. The molecule has 1 fully saturated rings. The van der Waals surface area contributed by atoms with Crippen LogP contribution >= 0.6 is 11.8 Å². The highest BCUT2D eigenvalue weighted by Crippen LogP contribution is 2.22. The predicted molar refractivity (Wildman–Crippen MR) is 99.7 cm³/mol. The van der Waals surface area contributed by atoms with Crippen LogP contribution in [0.4, 0.5) is 5.82 Å². The van der Waals surface area contributed by atoms with E-state index < -0.39 is 0 Å². The topological polar surface area (TPSA) is 36.4 Å². The molecule has 24 heavy (non-hydrogen) atoms. The Hall–Kier alpha value is -2.01. The predicted octanol–water partition coefficient (Wildman–Crippen LogP) is 3.14. The summed E-state index contributed by atoms with van der Waals surface area (Å²) in [6, 6.07) is 12.3. The lowest BCUT2D eigenvalue weighted by atomic mass is 10.1. The van der Waals surface area contributed by atoms with Crippen LogP contribution in [0.1, 0.15) is 11.1 Å². The molecule has 126 valence electrons. The normalized spacial score (nSPS) is 14.8. The average Bonchev–Trinajstić information content (AvgIpc) is 2.63. The third-order valence-corrected chi connectivity index (χ3v) is 5.42. The highest BCUT2D eigenvalue weighted by atomic mass is 32.2. The van der Waals surface area contributed by atoms with E-state index in [1.165, 1.54) is 16.0 Å². The zero-order valence-corrected chi connectivity index (χ0v) is 15.1. The summed E-state index contributed by atoms with van der Waals surface area (Å²) in [5.74, 6) is 1.72. The van der Waals surface area contributed by atoms with Crippen molar-refractivity contribution >= 4 is 23.5 Å². The van der Waals surface area contributed by atoms with Gasteiger partial charge in [0, 0.05) is 37.3 Å². The Morgan fingerprint density at radius 2 is 1.88 bits per heavy atom. The van der Waals surface area contributed by atoms with Crippen LogP contribution in [0.15, 0.2) is 47.5 Å². The highest BCUT2D eigenvalue weighted by Gasteiger charge is 2.21. The summed E-state index contributed by atoms with van der Waals surface area (Å²) in [5.41, 5.74) is 2.56. The van der Waals surface area contributed by atoms with Crippen molar-refractivity contribution in [2.75, 3.05) is 36.8 Å². The lowest BCUT2D eigenvalue weighted by Gasteiger charge is -2.35. The molecule has 0 atom stereocenters. The third kappa shape index (κ3) is 4.09. The maximum absolute atomic E-state index is 12.4. The molecule has 0 radical (unpaired) electrons. The number of aromatic nitrogens is 1. The fraction of sp³-hybridized carbons (Fsp3) is 0.368. The van der Waals surface area contributed by atoms with Gasteiger partial charge in [-0.1, -0.05) is 12.1 Å². The van der Waals surface area contributed by atoms with Crippen LogP contribution in [0, 0.1) is 13.8 Å². The largest absolute Gasteiger partial charge is 0.353 e. The van der Waals surface area contributed by atoms with Crippen LogP contribution in [0.5, 0.6) is 0 Å². The monoisotopic (exact) mass is 341 g/mol. The number of nitrogens with zero attached hydrogens (tertiary/aromatic N) is 3. The first-order valence-corrected chi connectivity index (χ1v) is 9.26. The summed E-state index contributed by atoms with van der Waals surface area (Å²) in [7, 11) is 0. The van der Waals surface area contributed by atoms with Gasteiger partial charge in [0.2, 0.25) is 5.91 Å². The first-order chi connectivity index (χ1) is 11.6. The second-order valence-electron chi connectivity index (χ2n) is 6.09. The first-order valence-electron chi connectivity index (χ1n) is 8.27. The van der Waals surface area contributed by atoms with Crippen molar-refractivity contribution in [1.29, 1.82) is 0 Å². The number of pyridine rings is 1. The van der Waals surface area contributed by atoms with E-state index in [9.17, 15) is 4.79 Å². The Labute approximate surface area is 147 Å². The molecular weight excluding hydrogens is 318 g/mol. The summed E-state index contributed by atoms with van der Waals surface area (Å²) in [4.78, 5) is 22.2. The lowest BCUT2D eigenvalue weighted by molar-refractivity contribution is -0.128. The van der Waals surface area contributed by atoms with Gasteiger partial charge in [-0.2, -0.15) is 0 Å². The Kier molecular flexibility index (Phi) is 5.41. The molecule has 1 aliphatic heterocycles. The van der Waals surface area contributed by atoms with E-state index in [1.807, 2.05) is 29.3 Å². The van der Waals surface area contributed by atoms with Crippen LogP contribution in [0.25, 0.3) is 0 Å². The number of hydrogen-bond acceptors (Lipinski definition) is 4. The van der Waals surface area contributed by atoms with Gasteiger partial charge in [0.15, 0.2) is 0 Å². The average molecular weight is 341 g/mol. The van der Waals surface area contributed by atoms with Crippen molar-refractivity contribution in [2.24, 2.45) is 0 Å². The molecule has 0 unspecified atom stereocenters. The molecule has 4 nitrogen and oxygen atoms in total. The standard InChI is InChI=1S/C19H23N3OS/c1-15-6-7-17(13-16(15)2)24-14-19(23)22-11-9-21(10-12-22)18-5-3-4-8-20-18/h3-8,13H,9-12,14H2,1-2H3. The van der Waals surface area contributed by atoms with Gasteiger partial charge in [0.25, 0.3) is 0 Å². The van der Waals surface area contributed by atoms with Gasteiger partial charge >= 0.3 is 0 Å². The molecular formula is C19H23N3OS. The minimum absolute atomic E-state index is 0.221. The Balaban J connectivity index is 1.49. The number of rotatable bonds is 4. The zero-order valence-electron chi connectivity index (χ0n) is 14.2. The molecule has 5 heteroatoms. The van der Waals surface area contributed by atoms with Crippen molar-refractivity contribution in [1.82, 2.24) is 9.88 Å². The van der Waals surface area contributed by atoms with Crippen LogP contribution in [-0.2, 0) is 4.79 Å². The molecule has 2 heterocycles. The molecule has 1 amide bonds. The maximum Gasteiger partial charge on any atom is 0.233 e. The molecule has 1 saturated heterocycles. The number of anilines is 1. The fourth-order valence-electron chi connectivity index (χ4n) is 2.77. The number of hydrogen-bond donors (Lipinski definition) is 0. The van der Waals surface area contributed by atoms with Crippen molar-refractivity contribution < 1.29 is 4.79 Å². The van der Waals surface area contributed by atoms with Gasteiger partial charge in [0.05, 0.1) is 5.75 Å². The number of carbonyl (C=O) groups is 1. The van der Waals surface area contributed by atoms with Crippen LogP contribution < -0.4 is 4.90 Å². The molecule has 0 spiro atoms. The molecule has 1 aromatic heterocycles. The second-order valence-corrected chi connectivity index (χ2v) is 7.14. The van der Waals surface area contributed by atoms with Crippen molar-refractivity contribution in [2.45, 2.75) is 18.7 Å². The zero-order chi connectivity index (χ0) is 16.9. The van der Waals surface area contributed by atoms with E-state index in [0.717, 1.165) is 32.0 Å². The van der Waals surface area contributed by atoms with E-state index in [2.05, 4.69) is 41.9 Å². The van der Waals surface area contributed by atoms with Gasteiger partial charge < -0.3 is 9.80 Å². The molecule has 3 rings (SSSR count). The number of thioether (sulfide) groups is 1. The second kappa shape index (κ2) is 7.71. The van der Waals surface area contributed by atoms with Crippen LogP contribution in [-0.4, -0.2) is 47.7 Å². The minimum atomic E-state index is 0.221. The van der Waals surface area contributed by atoms with E-state index >= 15 is 0 Å². The summed E-state index contributed by atoms with van der Waals surface area (Å²) >= 11 is 1.63. The van der Waals surface area contributed by atoms with Gasteiger partial charge in [-0.15, -0.1) is 11.8 Å². The van der Waals surface area contributed by atoms with Crippen LogP contribution in [0.2, 0.25) is 0 Å². The van der Waals surface area contributed by atoms with Crippen molar-refractivity contribution in [3.8, 4) is 0 Å². The molecule has 2 aromatic rings. The molecule has 1 aliphatic rings. The summed E-state index contributed by atoms with van der Waals surface area (Å²) in [6.07, 6.45) is 1.81. The highest BCUT2D eigenvalue weighted by molar-refractivity contribution is 8.00. The number of aryl methyl sites for hydroxylation is 2. The smallest absolute Gasteiger partial charge is 0.233 e. The van der Waals surface area contributed by atoms with Crippen molar-refractivity contribution in [3.05, 3.63) is 53.7 Å². The summed E-state index contributed by atoms with van der Waals surface area (Å²) in [6.45, 7) is 7.44. The van der Waals surface area contributed by atoms with Gasteiger partial charge in [0.1, 0.15) is 5.82 Å². The number of amides is 1. The Bertz CT molecular complexity index is 697. The van der Waals surface area contributed by atoms with E-state index in [-0.39, 0.29) is 5.91 Å². The molecule has 1 aromatic carbocycles. The summed E-state index contributed by atoms with van der Waals surface area (Å²) < 4.78 is 0. The van der Waals surface area contributed by atoms with Gasteiger partial charge in [-0.25, -0.2) is 4.98 Å². The van der Waals surface area contributed by atoms with E-state index in [1.54, 1.807) is 11.8 Å². The first kappa shape index (κ1) is 16.8. The third-order valence-electron chi connectivity index (χ3n) is 4.45. The van der Waals surface area contributed by atoms with E-state index in [4.69, 9.17) is 0 Å². The Morgan fingerprint density at radius 3 is 2.54 bits per heavy atom. The minimum Gasteiger partial charge on any atom is -0.353 e. The molecule has 0 aliphatic carbocycles. The van der Waals surface area contributed by atoms with Crippen LogP contribution in [0.3, 0.4) is 0 Å². The van der Waals surface area contributed by atoms with Gasteiger partial charge in [-0.3, -0.25) is 4.79 Å². The number of benzene rings is 1. The van der Waals surface area contributed by atoms with E-state index in [0.29, 0.717) is 5.75 Å². The number of piperazine rings is 1. The molecule has 0 bridgehead atoms. The summed E-state index contributed by atoms with van der Waals surface area (Å²) in [5, 5.41) is 0. The quantitative estimate of drug-likeness (QED) is 0.801.